The first-order chi connectivity index (χ1) is 13.2. The van der Waals surface area contributed by atoms with Crippen molar-refractivity contribution in [3.8, 4) is 11.3 Å². The van der Waals surface area contributed by atoms with Gasteiger partial charge in [-0.3, -0.25) is 0 Å². The lowest BCUT2D eigenvalue weighted by Gasteiger charge is -2.21. The number of hydrogen-bond acceptors (Lipinski definition) is 8. The zero-order valence-electron chi connectivity index (χ0n) is 14.8. The Morgan fingerprint density at radius 2 is 2.19 bits per heavy atom. The van der Waals surface area contributed by atoms with Crippen molar-refractivity contribution in [2.45, 2.75) is 18.6 Å². The van der Waals surface area contributed by atoms with Crippen molar-refractivity contribution in [2.24, 2.45) is 0 Å². The van der Waals surface area contributed by atoms with Crippen LogP contribution in [0.5, 0.6) is 0 Å². The number of aliphatic hydroxyl groups is 2. The van der Waals surface area contributed by atoms with E-state index in [1.165, 1.54) is 0 Å². The van der Waals surface area contributed by atoms with Crippen molar-refractivity contribution in [3.63, 3.8) is 0 Å². The number of aromatic amines is 1. The van der Waals surface area contributed by atoms with E-state index in [1.54, 1.807) is 12.4 Å². The highest BCUT2D eigenvalue weighted by molar-refractivity contribution is 6.02. The van der Waals surface area contributed by atoms with E-state index < -0.39 is 6.10 Å². The minimum Gasteiger partial charge on any atom is -0.394 e. The van der Waals surface area contributed by atoms with E-state index in [0.29, 0.717) is 6.54 Å². The van der Waals surface area contributed by atoms with Gasteiger partial charge in [0.05, 0.1) is 29.5 Å². The number of nitrogens with two attached hydrogens (primary N) is 1. The fraction of sp³-hybridized carbons (Fsp3) is 0.389. The van der Waals surface area contributed by atoms with E-state index in [0.717, 1.165) is 47.5 Å². The third-order valence-electron chi connectivity index (χ3n) is 4.88. The van der Waals surface area contributed by atoms with Crippen molar-refractivity contribution in [2.75, 3.05) is 36.9 Å². The van der Waals surface area contributed by atoms with Gasteiger partial charge < -0.3 is 31.1 Å². The van der Waals surface area contributed by atoms with Crippen LogP contribution in [0, 0.1) is 0 Å². The SMILES string of the molecule is Nc1nccc(-c2c[nH]c3nccc(N4CCC(NC[C@H](O)CO)C4)c23)n1. The quantitative estimate of drug-likeness (QED) is 0.413. The Balaban J connectivity index is 1.62. The van der Waals surface area contributed by atoms with E-state index in [-0.39, 0.29) is 18.6 Å². The van der Waals surface area contributed by atoms with Crippen molar-refractivity contribution < 1.29 is 10.2 Å². The number of hydrogen-bond donors (Lipinski definition) is 5. The Hall–Kier alpha value is -2.75. The second-order valence-electron chi connectivity index (χ2n) is 6.73. The Labute approximate surface area is 156 Å². The highest BCUT2D eigenvalue weighted by atomic mass is 16.3. The first kappa shape index (κ1) is 17.7. The zero-order valence-corrected chi connectivity index (χ0v) is 14.8. The summed E-state index contributed by atoms with van der Waals surface area (Å²) >= 11 is 0. The molecule has 0 amide bonds. The number of nitrogens with one attached hydrogen (secondary N) is 2. The molecule has 1 aliphatic rings. The highest BCUT2D eigenvalue weighted by Gasteiger charge is 2.25. The van der Waals surface area contributed by atoms with Crippen LogP contribution in [0.1, 0.15) is 6.42 Å². The summed E-state index contributed by atoms with van der Waals surface area (Å²) in [5, 5.41) is 22.8. The summed E-state index contributed by atoms with van der Waals surface area (Å²) in [4.78, 5) is 18.3. The lowest BCUT2D eigenvalue weighted by atomic mass is 10.1. The topological polar surface area (TPSA) is 136 Å². The maximum absolute atomic E-state index is 9.54. The standard InChI is InChI=1S/C18H23N7O2/c19-18-21-4-1-14(24-18)13-8-23-17-16(13)15(2-5-20-17)25-6-3-11(9-25)22-7-12(27)10-26/h1-2,4-5,8,11-12,22,26-27H,3,6-7,9-10H2,(H,20,23)(H2,19,21,24)/t11?,12-/m0/s1. The molecular weight excluding hydrogens is 346 g/mol. The van der Waals surface area contributed by atoms with Gasteiger partial charge in [0.1, 0.15) is 5.65 Å². The van der Waals surface area contributed by atoms with Gasteiger partial charge in [-0.25, -0.2) is 15.0 Å². The molecular formula is C18H23N7O2. The molecule has 1 aliphatic heterocycles. The van der Waals surface area contributed by atoms with Crippen LogP contribution >= 0.6 is 0 Å². The van der Waals surface area contributed by atoms with Crippen LogP contribution in [0.4, 0.5) is 11.6 Å². The minimum absolute atomic E-state index is 0.233. The predicted octanol–water partition coefficient (Wildman–Crippen LogP) is 0.124. The van der Waals surface area contributed by atoms with Gasteiger partial charge in [0, 0.05) is 49.8 Å². The number of aromatic nitrogens is 4. The fourth-order valence-electron chi connectivity index (χ4n) is 3.54. The molecule has 1 unspecified atom stereocenters. The van der Waals surface area contributed by atoms with Gasteiger partial charge >= 0.3 is 0 Å². The molecule has 27 heavy (non-hydrogen) atoms. The normalized spacial score (nSPS) is 18.3. The number of pyridine rings is 1. The van der Waals surface area contributed by atoms with Crippen LogP contribution in [0.25, 0.3) is 22.3 Å². The van der Waals surface area contributed by atoms with Gasteiger partial charge in [-0.2, -0.15) is 0 Å². The van der Waals surface area contributed by atoms with Crippen LogP contribution in [-0.2, 0) is 0 Å². The molecule has 1 saturated heterocycles. The van der Waals surface area contributed by atoms with E-state index >= 15 is 0 Å². The Kier molecular flexibility index (Phi) is 4.88. The second kappa shape index (κ2) is 7.47. The summed E-state index contributed by atoms with van der Waals surface area (Å²) < 4.78 is 0. The molecule has 6 N–H and O–H groups in total. The second-order valence-corrected chi connectivity index (χ2v) is 6.73. The molecule has 0 radical (unpaired) electrons. The van der Waals surface area contributed by atoms with Gasteiger partial charge in [-0.1, -0.05) is 0 Å². The molecule has 1 fully saturated rings. The minimum atomic E-state index is -0.730. The van der Waals surface area contributed by atoms with E-state index in [9.17, 15) is 5.11 Å². The first-order valence-corrected chi connectivity index (χ1v) is 8.98. The molecule has 9 nitrogen and oxygen atoms in total. The first-order valence-electron chi connectivity index (χ1n) is 8.98. The van der Waals surface area contributed by atoms with Gasteiger partial charge in [0.25, 0.3) is 0 Å². The largest absolute Gasteiger partial charge is 0.394 e. The maximum Gasteiger partial charge on any atom is 0.220 e. The third kappa shape index (κ3) is 3.57. The highest BCUT2D eigenvalue weighted by Crippen LogP contribution is 2.35. The molecule has 9 heteroatoms. The average molecular weight is 369 g/mol. The van der Waals surface area contributed by atoms with Crippen LogP contribution < -0.4 is 16.0 Å². The predicted molar refractivity (Wildman–Crippen MR) is 103 cm³/mol. The number of aliphatic hydroxyl groups excluding tert-OH is 2. The Morgan fingerprint density at radius 1 is 1.33 bits per heavy atom. The van der Waals surface area contributed by atoms with Crippen LogP contribution in [-0.4, -0.2) is 68.5 Å². The maximum atomic E-state index is 9.54. The molecule has 0 spiro atoms. The molecule has 4 rings (SSSR count). The molecule has 2 atom stereocenters. The van der Waals surface area contributed by atoms with E-state index in [4.69, 9.17) is 10.8 Å². The third-order valence-corrected chi connectivity index (χ3v) is 4.88. The number of anilines is 2. The number of rotatable bonds is 6. The van der Waals surface area contributed by atoms with E-state index in [1.807, 2.05) is 18.3 Å². The monoisotopic (exact) mass is 369 g/mol. The van der Waals surface area contributed by atoms with Gasteiger partial charge in [0.15, 0.2) is 0 Å². The fourth-order valence-corrected chi connectivity index (χ4v) is 3.54. The average Bonchev–Trinajstić information content (AvgIpc) is 3.33. The molecule has 3 aromatic heterocycles. The summed E-state index contributed by atoms with van der Waals surface area (Å²) in [6, 6.07) is 4.10. The van der Waals surface area contributed by atoms with Gasteiger partial charge in [-0.15, -0.1) is 0 Å². The number of H-pyrrole nitrogens is 1. The van der Waals surface area contributed by atoms with Crippen LogP contribution in [0.2, 0.25) is 0 Å². The molecule has 3 aromatic rings. The number of nitrogen functional groups attached to an aromatic ring is 1. The molecule has 4 heterocycles. The summed E-state index contributed by atoms with van der Waals surface area (Å²) in [5.41, 5.74) is 9.32. The van der Waals surface area contributed by atoms with Gasteiger partial charge in [0.2, 0.25) is 5.95 Å². The van der Waals surface area contributed by atoms with Crippen molar-refractivity contribution in [1.82, 2.24) is 25.3 Å². The number of fused-ring (bicyclic) bond motifs is 1. The molecule has 0 bridgehead atoms. The lowest BCUT2D eigenvalue weighted by molar-refractivity contribution is 0.0924. The van der Waals surface area contributed by atoms with Crippen LogP contribution in [0.15, 0.2) is 30.7 Å². The summed E-state index contributed by atoms with van der Waals surface area (Å²) in [6.07, 6.45) is 5.57. The Morgan fingerprint density at radius 3 is 3.00 bits per heavy atom. The molecule has 0 aromatic carbocycles. The zero-order chi connectivity index (χ0) is 18.8. The van der Waals surface area contributed by atoms with E-state index in [2.05, 4.69) is 30.2 Å². The molecule has 142 valence electrons. The van der Waals surface area contributed by atoms with Crippen molar-refractivity contribution >= 4 is 22.7 Å². The summed E-state index contributed by atoms with van der Waals surface area (Å²) in [7, 11) is 0. The van der Waals surface area contributed by atoms with Crippen LogP contribution in [0.3, 0.4) is 0 Å². The van der Waals surface area contributed by atoms with Gasteiger partial charge in [-0.05, 0) is 18.6 Å². The summed E-state index contributed by atoms with van der Waals surface area (Å²) in [6.45, 7) is 1.86. The number of nitrogens with zero attached hydrogens (tertiary/aromatic N) is 4. The Bertz CT molecular complexity index is 929. The van der Waals surface area contributed by atoms with Crippen molar-refractivity contribution in [3.05, 3.63) is 30.7 Å². The summed E-state index contributed by atoms with van der Waals surface area (Å²) in [5.74, 6) is 0.236. The molecule has 0 aliphatic carbocycles. The molecule has 0 saturated carbocycles. The lowest BCUT2D eigenvalue weighted by Crippen LogP contribution is -2.38. The van der Waals surface area contributed by atoms with Crippen molar-refractivity contribution in [1.29, 1.82) is 0 Å². The smallest absolute Gasteiger partial charge is 0.220 e.